The summed E-state index contributed by atoms with van der Waals surface area (Å²) in [6.07, 6.45) is 0. The van der Waals surface area contributed by atoms with Crippen LogP contribution in [0.3, 0.4) is 0 Å². The molecular weight excluding hydrogens is 317 g/mol. The summed E-state index contributed by atoms with van der Waals surface area (Å²) in [6, 6.07) is 5.57. The molecule has 2 rings (SSSR count). The fraction of sp³-hybridized carbons (Fsp3) is 0.167. The third-order valence-corrected chi connectivity index (χ3v) is 2.77. The first-order valence-electron chi connectivity index (χ1n) is 5.34. The predicted molar refractivity (Wildman–Crippen MR) is 71.3 cm³/mol. The van der Waals surface area contributed by atoms with Gasteiger partial charge in [0.05, 0.1) is 4.47 Å². The lowest BCUT2D eigenvalue weighted by Crippen LogP contribution is -2.02. The van der Waals surface area contributed by atoms with Crippen molar-refractivity contribution in [3.05, 3.63) is 40.4 Å². The quantitative estimate of drug-likeness (QED) is 0.934. The number of rotatable bonds is 4. The smallest absolute Gasteiger partial charge is 0.224 e. The lowest BCUT2D eigenvalue weighted by molar-refractivity contribution is 0.177. The first-order chi connectivity index (χ1) is 9.08. The van der Waals surface area contributed by atoms with Gasteiger partial charge in [-0.15, -0.1) is 0 Å². The minimum atomic E-state index is -0.360. The van der Waals surface area contributed by atoms with Gasteiger partial charge in [0.2, 0.25) is 5.88 Å². The van der Waals surface area contributed by atoms with Crippen molar-refractivity contribution in [3.63, 3.8) is 0 Å². The van der Waals surface area contributed by atoms with Crippen molar-refractivity contribution in [1.82, 2.24) is 9.97 Å². The average Bonchev–Trinajstić information content (AvgIpc) is 2.32. The Hall–Kier alpha value is -1.73. The highest BCUT2D eigenvalue weighted by Crippen LogP contribution is 2.29. The second kappa shape index (κ2) is 5.94. The Bertz CT molecular complexity index is 595. The van der Waals surface area contributed by atoms with E-state index in [0.29, 0.717) is 16.0 Å². The minimum absolute atomic E-state index is 0.228. The van der Waals surface area contributed by atoms with Gasteiger partial charge in [0.25, 0.3) is 0 Å². The van der Waals surface area contributed by atoms with Crippen LogP contribution in [0.25, 0.3) is 0 Å². The number of halogens is 2. The summed E-state index contributed by atoms with van der Waals surface area (Å²) in [4.78, 5) is 8.12. The molecule has 1 aromatic carbocycles. The predicted octanol–water partition coefficient (Wildman–Crippen LogP) is 2.90. The maximum atomic E-state index is 13.0. The Morgan fingerprint density at radius 2 is 2.11 bits per heavy atom. The molecule has 19 heavy (non-hydrogen) atoms. The zero-order valence-corrected chi connectivity index (χ0v) is 11.6. The molecule has 0 aliphatic carbocycles. The van der Waals surface area contributed by atoms with Gasteiger partial charge in [0.15, 0.2) is 5.82 Å². The molecule has 0 saturated heterocycles. The van der Waals surface area contributed by atoms with E-state index in [9.17, 15) is 4.39 Å². The van der Waals surface area contributed by atoms with E-state index in [4.69, 9.17) is 15.2 Å². The van der Waals surface area contributed by atoms with E-state index in [1.807, 2.05) is 0 Å². The molecule has 0 radical (unpaired) electrons. The van der Waals surface area contributed by atoms with E-state index >= 15 is 0 Å². The molecule has 100 valence electrons. The number of nitrogens with zero attached hydrogens (tertiary/aromatic N) is 2. The highest BCUT2D eigenvalue weighted by Gasteiger charge is 2.08. The van der Waals surface area contributed by atoms with Gasteiger partial charge in [0.1, 0.15) is 24.0 Å². The third-order valence-electron chi connectivity index (χ3n) is 2.15. The number of hydrogen-bond donors (Lipinski definition) is 1. The summed E-state index contributed by atoms with van der Waals surface area (Å²) < 4.78 is 23.9. The number of methoxy groups -OCH3 is 1. The summed E-state index contributed by atoms with van der Waals surface area (Å²) in [7, 11) is 1.53. The van der Waals surface area contributed by atoms with Crippen LogP contribution < -0.4 is 10.5 Å². The summed E-state index contributed by atoms with van der Waals surface area (Å²) in [5.41, 5.74) is 5.65. The van der Waals surface area contributed by atoms with Crippen LogP contribution >= 0.6 is 15.9 Å². The molecule has 1 aromatic heterocycles. The van der Waals surface area contributed by atoms with Crippen LogP contribution in [-0.4, -0.2) is 17.1 Å². The van der Waals surface area contributed by atoms with Crippen molar-refractivity contribution in [2.24, 2.45) is 0 Å². The van der Waals surface area contributed by atoms with Crippen molar-refractivity contribution in [2.75, 3.05) is 12.8 Å². The van der Waals surface area contributed by atoms with Gasteiger partial charge < -0.3 is 15.2 Å². The van der Waals surface area contributed by atoms with Crippen molar-refractivity contribution >= 4 is 21.7 Å². The zero-order chi connectivity index (χ0) is 13.8. The number of benzene rings is 1. The van der Waals surface area contributed by atoms with E-state index in [-0.39, 0.29) is 24.1 Å². The Morgan fingerprint density at radius 1 is 1.32 bits per heavy atom. The largest absolute Gasteiger partial charge is 0.438 e. The van der Waals surface area contributed by atoms with Crippen molar-refractivity contribution in [1.29, 1.82) is 0 Å². The number of nitrogens with two attached hydrogens (primary N) is 1. The first-order valence-corrected chi connectivity index (χ1v) is 6.13. The van der Waals surface area contributed by atoms with Crippen molar-refractivity contribution in [3.8, 4) is 11.6 Å². The summed E-state index contributed by atoms with van der Waals surface area (Å²) in [5, 5.41) is 0. The van der Waals surface area contributed by atoms with Gasteiger partial charge in [-0.25, -0.2) is 9.37 Å². The van der Waals surface area contributed by atoms with E-state index < -0.39 is 0 Å². The molecule has 7 heteroatoms. The number of anilines is 1. The zero-order valence-electron chi connectivity index (χ0n) is 10.1. The SMILES string of the molecule is COCc1nc(N)cc(Oc2ccc(F)cc2Br)n1. The normalized spacial score (nSPS) is 10.5. The topological polar surface area (TPSA) is 70.3 Å². The fourth-order valence-corrected chi connectivity index (χ4v) is 1.84. The molecule has 1 heterocycles. The van der Waals surface area contributed by atoms with E-state index in [2.05, 4.69) is 25.9 Å². The molecule has 2 aromatic rings. The van der Waals surface area contributed by atoms with E-state index in [1.54, 1.807) is 0 Å². The second-order valence-electron chi connectivity index (χ2n) is 3.66. The first kappa shape index (κ1) is 13.7. The highest BCUT2D eigenvalue weighted by molar-refractivity contribution is 9.10. The van der Waals surface area contributed by atoms with Gasteiger partial charge in [-0.2, -0.15) is 4.98 Å². The molecule has 0 atom stereocenters. The summed E-state index contributed by atoms with van der Waals surface area (Å²) in [6.45, 7) is 0.228. The van der Waals surface area contributed by atoms with Gasteiger partial charge >= 0.3 is 0 Å². The monoisotopic (exact) mass is 327 g/mol. The molecular formula is C12H11BrFN3O2. The summed E-state index contributed by atoms with van der Waals surface area (Å²) >= 11 is 3.21. The molecule has 0 fully saturated rings. The third kappa shape index (κ3) is 3.62. The number of nitrogen functional groups attached to an aromatic ring is 1. The van der Waals surface area contributed by atoms with E-state index in [1.165, 1.54) is 31.4 Å². The molecule has 0 spiro atoms. The van der Waals surface area contributed by atoms with Gasteiger partial charge in [0, 0.05) is 13.2 Å². The van der Waals surface area contributed by atoms with Crippen molar-refractivity contribution < 1.29 is 13.9 Å². The lowest BCUT2D eigenvalue weighted by atomic mass is 10.3. The van der Waals surface area contributed by atoms with E-state index in [0.717, 1.165) is 0 Å². The lowest BCUT2D eigenvalue weighted by Gasteiger charge is -2.08. The van der Waals surface area contributed by atoms with Crippen LogP contribution in [0.15, 0.2) is 28.7 Å². The molecule has 2 N–H and O–H groups in total. The van der Waals surface area contributed by atoms with Crippen LogP contribution in [-0.2, 0) is 11.3 Å². The molecule has 0 aliphatic rings. The standard InChI is InChI=1S/C12H11BrFN3O2/c1-18-6-11-16-10(15)5-12(17-11)19-9-3-2-7(14)4-8(9)13/h2-5H,6H2,1H3,(H2,15,16,17). The molecule has 0 saturated carbocycles. The highest BCUT2D eigenvalue weighted by atomic mass is 79.9. The fourth-order valence-electron chi connectivity index (χ4n) is 1.41. The van der Waals surface area contributed by atoms with Crippen LogP contribution in [0.4, 0.5) is 10.2 Å². The van der Waals surface area contributed by atoms with Gasteiger partial charge in [-0.05, 0) is 34.1 Å². The molecule has 0 amide bonds. The van der Waals surface area contributed by atoms with Gasteiger partial charge in [-0.3, -0.25) is 0 Å². The van der Waals surface area contributed by atoms with Crippen LogP contribution in [0, 0.1) is 5.82 Å². The Labute approximate surface area is 117 Å². The number of hydrogen-bond acceptors (Lipinski definition) is 5. The van der Waals surface area contributed by atoms with Crippen LogP contribution in [0.2, 0.25) is 0 Å². The van der Waals surface area contributed by atoms with Gasteiger partial charge in [-0.1, -0.05) is 0 Å². The van der Waals surface area contributed by atoms with Crippen LogP contribution in [0.1, 0.15) is 5.82 Å². The number of aromatic nitrogens is 2. The Kier molecular flexibility index (Phi) is 4.28. The summed E-state index contributed by atoms with van der Waals surface area (Å²) in [5.74, 6) is 1.03. The maximum Gasteiger partial charge on any atom is 0.224 e. The Morgan fingerprint density at radius 3 is 2.79 bits per heavy atom. The molecule has 0 bridgehead atoms. The average molecular weight is 328 g/mol. The minimum Gasteiger partial charge on any atom is -0.438 e. The molecule has 5 nitrogen and oxygen atoms in total. The second-order valence-corrected chi connectivity index (χ2v) is 4.51. The molecule has 0 aliphatic heterocycles. The maximum absolute atomic E-state index is 13.0. The Balaban J connectivity index is 2.27. The van der Waals surface area contributed by atoms with Crippen LogP contribution in [0.5, 0.6) is 11.6 Å². The number of ether oxygens (including phenoxy) is 2. The molecule has 0 unspecified atom stereocenters. The van der Waals surface area contributed by atoms with Crippen molar-refractivity contribution in [2.45, 2.75) is 6.61 Å².